The van der Waals surface area contributed by atoms with E-state index in [2.05, 4.69) is 9.98 Å². The zero-order valence-corrected chi connectivity index (χ0v) is 10.5. The quantitative estimate of drug-likeness (QED) is 0.488. The standard InChI is InChI=1S/C7H10N4O2S.BrH/c1-2-13-5(12)4-3-14-7(10-4)11-6(8)9;/h3H,2H2,1H3,(H4,8,9,10,11);1H. The Labute approximate surface area is 101 Å². The van der Waals surface area contributed by atoms with Crippen LogP contribution >= 0.6 is 28.3 Å². The molecule has 6 nitrogen and oxygen atoms in total. The van der Waals surface area contributed by atoms with Crippen molar-refractivity contribution in [3.8, 4) is 0 Å². The van der Waals surface area contributed by atoms with Gasteiger partial charge in [0.05, 0.1) is 6.61 Å². The van der Waals surface area contributed by atoms with Gasteiger partial charge in [-0.1, -0.05) is 0 Å². The van der Waals surface area contributed by atoms with Gasteiger partial charge in [-0.25, -0.2) is 9.78 Å². The van der Waals surface area contributed by atoms with E-state index in [-0.39, 0.29) is 28.6 Å². The fourth-order valence-corrected chi connectivity index (χ4v) is 1.40. The zero-order valence-electron chi connectivity index (χ0n) is 7.97. The van der Waals surface area contributed by atoms with Crippen molar-refractivity contribution >= 4 is 45.4 Å². The minimum atomic E-state index is -0.471. The highest BCUT2D eigenvalue weighted by Gasteiger charge is 2.10. The molecule has 1 aromatic heterocycles. The van der Waals surface area contributed by atoms with E-state index in [1.165, 1.54) is 11.3 Å². The lowest BCUT2D eigenvalue weighted by molar-refractivity contribution is 0.0520. The van der Waals surface area contributed by atoms with Crippen LogP contribution in [0.25, 0.3) is 0 Å². The Morgan fingerprint density at radius 1 is 1.67 bits per heavy atom. The number of thiazole rings is 1. The fourth-order valence-electron chi connectivity index (χ4n) is 0.725. The lowest BCUT2D eigenvalue weighted by Gasteiger charge is -1.95. The number of rotatable bonds is 3. The third kappa shape index (κ3) is 4.26. The Balaban J connectivity index is 0.00000196. The molecule has 1 rings (SSSR count). The number of nitrogens with zero attached hydrogens (tertiary/aromatic N) is 2. The predicted molar refractivity (Wildman–Crippen MR) is 63.9 cm³/mol. The lowest BCUT2D eigenvalue weighted by atomic mass is 10.5. The first-order valence-electron chi connectivity index (χ1n) is 3.85. The molecule has 1 heterocycles. The Morgan fingerprint density at radius 3 is 2.87 bits per heavy atom. The maximum Gasteiger partial charge on any atom is 0.357 e. The summed E-state index contributed by atoms with van der Waals surface area (Å²) in [5.41, 5.74) is 10.5. The van der Waals surface area contributed by atoms with E-state index < -0.39 is 5.97 Å². The topological polar surface area (TPSA) is 104 Å². The molecule has 0 amide bonds. The SMILES string of the molecule is Br.CCOC(=O)c1csc(N=C(N)N)n1. The van der Waals surface area contributed by atoms with Crippen molar-refractivity contribution in [2.75, 3.05) is 6.61 Å². The molecular weight excluding hydrogens is 284 g/mol. The van der Waals surface area contributed by atoms with Crippen LogP contribution in [-0.4, -0.2) is 23.5 Å². The Hall–Kier alpha value is -1.15. The summed E-state index contributed by atoms with van der Waals surface area (Å²) in [5, 5.41) is 1.88. The maximum atomic E-state index is 11.2. The van der Waals surface area contributed by atoms with Gasteiger partial charge in [-0.05, 0) is 6.92 Å². The number of guanidine groups is 1. The Bertz CT molecular complexity index is 362. The molecule has 0 saturated heterocycles. The van der Waals surface area contributed by atoms with Crippen molar-refractivity contribution in [1.29, 1.82) is 0 Å². The van der Waals surface area contributed by atoms with Crippen LogP contribution in [0, 0.1) is 0 Å². The number of hydrogen-bond acceptors (Lipinski definition) is 5. The molecule has 0 atom stereocenters. The van der Waals surface area contributed by atoms with Crippen molar-refractivity contribution in [2.45, 2.75) is 6.92 Å². The van der Waals surface area contributed by atoms with Crippen LogP contribution in [0.5, 0.6) is 0 Å². The summed E-state index contributed by atoms with van der Waals surface area (Å²) in [6.45, 7) is 2.04. The number of halogens is 1. The van der Waals surface area contributed by atoms with Gasteiger partial charge >= 0.3 is 5.97 Å². The number of carbonyl (C=O) groups excluding carboxylic acids is 1. The average molecular weight is 295 g/mol. The van der Waals surface area contributed by atoms with E-state index in [9.17, 15) is 4.79 Å². The number of nitrogens with two attached hydrogens (primary N) is 2. The molecule has 0 aliphatic heterocycles. The summed E-state index contributed by atoms with van der Waals surface area (Å²) in [5.74, 6) is -0.560. The molecule has 0 saturated carbocycles. The molecule has 0 spiro atoms. The van der Waals surface area contributed by atoms with Gasteiger partial charge in [0.25, 0.3) is 0 Å². The van der Waals surface area contributed by atoms with Crippen molar-refractivity contribution in [3.05, 3.63) is 11.1 Å². The van der Waals surface area contributed by atoms with Crippen LogP contribution in [0.1, 0.15) is 17.4 Å². The third-order valence-electron chi connectivity index (χ3n) is 1.20. The highest BCUT2D eigenvalue weighted by molar-refractivity contribution is 8.93. The van der Waals surface area contributed by atoms with Crippen molar-refractivity contribution < 1.29 is 9.53 Å². The van der Waals surface area contributed by atoms with Gasteiger partial charge in [-0.2, -0.15) is 4.99 Å². The summed E-state index contributed by atoms with van der Waals surface area (Å²) >= 11 is 1.17. The van der Waals surface area contributed by atoms with E-state index in [0.717, 1.165) is 0 Å². The van der Waals surface area contributed by atoms with Crippen LogP contribution in [-0.2, 0) is 4.74 Å². The Morgan fingerprint density at radius 2 is 2.33 bits per heavy atom. The molecule has 8 heteroatoms. The minimum absolute atomic E-state index is 0. The highest BCUT2D eigenvalue weighted by Crippen LogP contribution is 2.18. The van der Waals surface area contributed by atoms with Gasteiger partial charge in [0.15, 0.2) is 11.7 Å². The van der Waals surface area contributed by atoms with Gasteiger partial charge in [0, 0.05) is 5.38 Å². The van der Waals surface area contributed by atoms with Gasteiger partial charge in [0.2, 0.25) is 5.13 Å². The molecule has 0 radical (unpaired) electrons. The van der Waals surface area contributed by atoms with E-state index in [1.54, 1.807) is 12.3 Å². The van der Waals surface area contributed by atoms with E-state index >= 15 is 0 Å². The first-order valence-corrected chi connectivity index (χ1v) is 4.73. The van der Waals surface area contributed by atoms with Crippen molar-refractivity contribution in [3.63, 3.8) is 0 Å². The molecule has 84 valence electrons. The second-order valence-electron chi connectivity index (χ2n) is 2.27. The van der Waals surface area contributed by atoms with E-state index in [1.807, 2.05) is 0 Å². The summed E-state index contributed by atoms with van der Waals surface area (Å²) in [4.78, 5) is 18.7. The zero-order chi connectivity index (χ0) is 10.6. The van der Waals surface area contributed by atoms with Crippen LogP contribution in [0.15, 0.2) is 10.4 Å². The first kappa shape index (κ1) is 13.8. The second kappa shape index (κ2) is 6.36. The van der Waals surface area contributed by atoms with Crippen LogP contribution in [0.2, 0.25) is 0 Å². The largest absolute Gasteiger partial charge is 0.461 e. The lowest BCUT2D eigenvalue weighted by Crippen LogP contribution is -2.21. The molecule has 15 heavy (non-hydrogen) atoms. The van der Waals surface area contributed by atoms with Crippen molar-refractivity contribution in [1.82, 2.24) is 4.98 Å². The number of aliphatic imine (C=N–C) groups is 1. The van der Waals surface area contributed by atoms with E-state index in [4.69, 9.17) is 16.2 Å². The van der Waals surface area contributed by atoms with Crippen molar-refractivity contribution in [2.24, 2.45) is 16.5 Å². The molecule has 4 N–H and O–H groups in total. The monoisotopic (exact) mass is 294 g/mol. The summed E-state index contributed by atoms with van der Waals surface area (Å²) in [6.07, 6.45) is 0. The predicted octanol–water partition coefficient (Wildman–Crippen LogP) is 0.803. The highest BCUT2D eigenvalue weighted by atomic mass is 79.9. The van der Waals surface area contributed by atoms with Gasteiger partial charge in [-0.15, -0.1) is 28.3 Å². The van der Waals surface area contributed by atoms with Crippen LogP contribution in [0.3, 0.4) is 0 Å². The molecule has 0 aliphatic rings. The molecule has 0 aromatic carbocycles. The summed E-state index contributed by atoms with van der Waals surface area (Å²) in [6, 6.07) is 0. The molecule has 0 aliphatic carbocycles. The molecule has 0 fully saturated rings. The fraction of sp³-hybridized carbons (Fsp3) is 0.286. The first-order chi connectivity index (χ1) is 6.63. The number of aromatic nitrogens is 1. The maximum absolute atomic E-state index is 11.2. The van der Waals surface area contributed by atoms with Crippen LogP contribution < -0.4 is 11.5 Å². The van der Waals surface area contributed by atoms with Crippen LogP contribution in [0.4, 0.5) is 5.13 Å². The number of ether oxygens (including phenoxy) is 1. The Kier molecular flexibility index (Phi) is 5.87. The van der Waals surface area contributed by atoms with Gasteiger partial charge in [0.1, 0.15) is 0 Å². The molecular formula is C7H11BrN4O2S. The minimum Gasteiger partial charge on any atom is -0.461 e. The van der Waals surface area contributed by atoms with Gasteiger partial charge in [-0.3, -0.25) is 0 Å². The second-order valence-corrected chi connectivity index (χ2v) is 3.11. The number of carbonyl (C=O) groups is 1. The average Bonchev–Trinajstić information content (AvgIpc) is 2.52. The normalized spacial score (nSPS) is 8.87. The summed E-state index contributed by atoms with van der Waals surface area (Å²) < 4.78 is 4.74. The molecule has 0 bridgehead atoms. The van der Waals surface area contributed by atoms with E-state index in [0.29, 0.717) is 11.7 Å². The molecule has 1 aromatic rings. The number of esters is 1. The summed E-state index contributed by atoms with van der Waals surface area (Å²) in [7, 11) is 0. The smallest absolute Gasteiger partial charge is 0.357 e. The van der Waals surface area contributed by atoms with Gasteiger partial charge < -0.3 is 16.2 Å². The molecule has 0 unspecified atom stereocenters. The number of hydrogen-bond donors (Lipinski definition) is 2. The third-order valence-corrected chi connectivity index (χ3v) is 1.94.